The molecule has 1 fully saturated rings. The Bertz CT molecular complexity index is 454. The molecule has 19 heavy (non-hydrogen) atoms. The molecule has 2 rings (SSSR count). The number of likely N-dealkylation sites (tertiary alicyclic amines) is 1. The molecule has 2 unspecified atom stereocenters. The van der Waals surface area contributed by atoms with E-state index in [2.05, 4.69) is 0 Å². The first-order valence-corrected chi connectivity index (χ1v) is 6.56. The van der Waals surface area contributed by atoms with Crippen LogP contribution in [-0.2, 0) is 0 Å². The van der Waals surface area contributed by atoms with Crippen LogP contribution < -0.4 is 5.73 Å². The highest BCUT2D eigenvalue weighted by atomic mass is 16.3. The Balaban J connectivity index is 2.20. The molecule has 1 aliphatic heterocycles. The van der Waals surface area contributed by atoms with Crippen LogP contribution in [-0.4, -0.2) is 40.2 Å². The molecule has 2 atom stereocenters. The molecule has 5 nitrogen and oxygen atoms in total. The summed E-state index contributed by atoms with van der Waals surface area (Å²) in [6.45, 7) is 3.15. The minimum atomic E-state index is -0.332. The number of nitrogens with two attached hydrogens (primary N) is 1. The maximum atomic E-state index is 12.4. The lowest BCUT2D eigenvalue weighted by Crippen LogP contribution is -2.45. The highest BCUT2D eigenvalue weighted by Crippen LogP contribution is 2.29. The zero-order valence-corrected chi connectivity index (χ0v) is 11.0. The van der Waals surface area contributed by atoms with Crippen LogP contribution in [0.25, 0.3) is 0 Å². The molecule has 1 aliphatic rings. The number of hydrogen-bond donors (Lipinski definition) is 3. The van der Waals surface area contributed by atoms with Gasteiger partial charge in [-0.2, -0.15) is 0 Å². The maximum absolute atomic E-state index is 12.4. The lowest BCUT2D eigenvalue weighted by atomic mass is 9.91. The second kappa shape index (κ2) is 5.48. The predicted octanol–water partition coefficient (Wildman–Crippen LogP) is 1.30. The normalized spacial score (nSPS) is 21.2. The lowest BCUT2D eigenvalue weighted by Gasteiger charge is -2.34. The SMILES string of the molecule is CC(N)C1CCCN(C(=O)c2c(O)cccc2O)C1. The fraction of sp³-hybridized carbons (Fsp3) is 0.500. The molecular weight excluding hydrogens is 244 g/mol. The van der Waals surface area contributed by atoms with E-state index in [0.29, 0.717) is 13.1 Å². The average Bonchev–Trinajstić information content (AvgIpc) is 2.38. The van der Waals surface area contributed by atoms with Crippen molar-refractivity contribution in [1.29, 1.82) is 0 Å². The predicted molar refractivity (Wildman–Crippen MR) is 72.0 cm³/mol. The number of hydrogen-bond acceptors (Lipinski definition) is 4. The van der Waals surface area contributed by atoms with Crippen molar-refractivity contribution >= 4 is 5.91 Å². The molecule has 1 amide bonds. The molecular formula is C14H20N2O3. The van der Waals surface area contributed by atoms with Crippen LogP contribution in [0.4, 0.5) is 0 Å². The number of phenols is 2. The van der Waals surface area contributed by atoms with Crippen molar-refractivity contribution < 1.29 is 15.0 Å². The van der Waals surface area contributed by atoms with Crippen LogP contribution in [0.1, 0.15) is 30.1 Å². The third-order valence-electron chi connectivity index (χ3n) is 3.72. The van der Waals surface area contributed by atoms with E-state index in [9.17, 15) is 15.0 Å². The van der Waals surface area contributed by atoms with Gasteiger partial charge in [0.05, 0.1) is 0 Å². The number of carbonyl (C=O) groups is 1. The summed E-state index contributed by atoms with van der Waals surface area (Å²) in [5.74, 6) is -0.438. The summed E-state index contributed by atoms with van der Waals surface area (Å²) in [6.07, 6.45) is 1.90. The van der Waals surface area contributed by atoms with Crippen LogP contribution in [0.5, 0.6) is 11.5 Å². The summed E-state index contributed by atoms with van der Waals surface area (Å²) >= 11 is 0. The van der Waals surface area contributed by atoms with Gasteiger partial charge in [-0.25, -0.2) is 0 Å². The Hall–Kier alpha value is -1.75. The van der Waals surface area contributed by atoms with Crippen molar-refractivity contribution in [3.63, 3.8) is 0 Å². The minimum absolute atomic E-state index is 0.0205. The number of benzene rings is 1. The Morgan fingerprint density at radius 1 is 1.42 bits per heavy atom. The van der Waals surface area contributed by atoms with Gasteiger partial charge >= 0.3 is 0 Å². The van der Waals surface area contributed by atoms with Gasteiger partial charge in [0.2, 0.25) is 0 Å². The molecule has 5 heteroatoms. The van der Waals surface area contributed by atoms with Gasteiger partial charge in [0.1, 0.15) is 17.1 Å². The number of aromatic hydroxyl groups is 2. The molecule has 1 aromatic rings. The molecule has 0 radical (unpaired) electrons. The molecule has 0 bridgehead atoms. The third-order valence-corrected chi connectivity index (χ3v) is 3.72. The first-order valence-electron chi connectivity index (χ1n) is 6.56. The summed E-state index contributed by atoms with van der Waals surface area (Å²) in [7, 11) is 0. The monoisotopic (exact) mass is 264 g/mol. The zero-order chi connectivity index (χ0) is 14.0. The van der Waals surface area contributed by atoms with Gasteiger partial charge in [-0.05, 0) is 37.8 Å². The smallest absolute Gasteiger partial charge is 0.261 e. The number of rotatable bonds is 2. The second-order valence-corrected chi connectivity index (χ2v) is 5.18. The first-order chi connectivity index (χ1) is 9.00. The standard InChI is InChI=1S/C14H20N2O3/c1-9(15)10-4-3-7-16(8-10)14(19)13-11(17)5-2-6-12(13)18/h2,5-6,9-10,17-18H,3-4,7-8,15H2,1H3. The van der Waals surface area contributed by atoms with E-state index in [1.165, 1.54) is 18.2 Å². The number of phenolic OH excluding ortho intramolecular Hbond substituents is 2. The number of carbonyl (C=O) groups excluding carboxylic acids is 1. The zero-order valence-electron chi connectivity index (χ0n) is 11.0. The largest absolute Gasteiger partial charge is 0.507 e. The van der Waals surface area contributed by atoms with Crippen molar-refractivity contribution in [3.8, 4) is 11.5 Å². The topological polar surface area (TPSA) is 86.8 Å². The Morgan fingerprint density at radius 2 is 2.05 bits per heavy atom. The van der Waals surface area contributed by atoms with E-state index < -0.39 is 0 Å². The van der Waals surface area contributed by atoms with E-state index in [4.69, 9.17) is 5.73 Å². The number of amides is 1. The molecule has 0 saturated carbocycles. The van der Waals surface area contributed by atoms with Crippen LogP contribution in [0.2, 0.25) is 0 Å². The van der Waals surface area contributed by atoms with Crippen LogP contribution in [0, 0.1) is 5.92 Å². The summed E-state index contributed by atoms with van der Waals surface area (Å²) in [5.41, 5.74) is 5.87. The Labute approximate surface area is 112 Å². The van der Waals surface area contributed by atoms with Crippen molar-refractivity contribution in [2.75, 3.05) is 13.1 Å². The fourth-order valence-electron chi connectivity index (χ4n) is 2.53. The fourth-order valence-corrected chi connectivity index (χ4v) is 2.53. The second-order valence-electron chi connectivity index (χ2n) is 5.18. The highest BCUT2D eigenvalue weighted by Gasteiger charge is 2.29. The van der Waals surface area contributed by atoms with Crippen LogP contribution in [0.3, 0.4) is 0 Å². The molecule has 1 heterocycles. The van der Waals surface area contributed by atoms with Gasteiger partial charge in [-0.15, -0.1) is 0 Å². The maximum Gasteiger partial charge on any atom is 0.261 e. The minimum Gasteiger partial charge on any atom is -0.507 e. The summed E-state index contributed by atoms with van der Waals surface area (Å²) in [6, 6.07) is 4.34. The number of piperidine rings is 1. The molecule has 0 aromatic heterocycles. The highest BCUT2D eigenvalue weighted by molar-refractivity contribution is 5.99. The van der Waals surface area contributed by atoms with E-state index in [1.807, 2.05) is 6.92 Å². The van der Waals surface area contributed by atoms with E-state index in [-0.39, 0.29) is 34.9 Å². The molecule has 104 valence electrons. The average molecular weight is 264 g/mol. The molecule has 0 spiro atoms. The first kappa shape index (κ1) is 13.7. The molecule has 4 N–H and O–H groups in total. The van der Waals surface area contributed by atoms with E-state index in [0.717, 1.165) is 12.8 Å². The lowest BCUT2D eigenvalue weighted by molar-refractivity contribution is 0.0655. The molecule has 1 aromatic carbocycles. The summed E-state index contributed by atoms with van der Waals surface area (Å²) in [4.78, 5) is 14.0. The van der Waals surface area contributed by atoms with Crippen molar-refractivity contribution in [2.24, 2.45) is 11.7 Å². The van der Waals surface area contributed by atoms with E-state index in [1.54, 1.807) is 4.90 Å². The quantitative estimate of drug-likeness (QED) is 0.751. The van der Waals surface area contributed by atoms with Gasteiger partial charge in [0.25, 0.3) is 5.91 Å². The van der Waals surface area contributed by atoms with Gasteiger partial charge in [-0.1, -0.05) is 6.07 Å². The molecule has 0 aliphatic carbocycles. The van der Waals surface area contributed by atoms with Gasteiger partial charge < -0.3 is 20.8 Å². The van der Waals surface area contributed by atoms with Gasteiger partial charge in [-0.3, -0.25) is 4.79 Å². The summed E-state index contributed by atoms with van der Waals surface area (Å²) in [5, 5.41) is 19.5. The van der Waals surface area contributed by atoms with Gasteiger partial charge in [0, 0.05) is 19.1 Å². The van der Waals surface area contributed by atoms with Gasteiger partial charge in [0.15, 0.2) is 0 Å². The van der Waals surface area contributed by atoms with Crippen molar-refractivity contribution in [3.05, 3.63) is 23.8 Å². The Morgan fingerprint density at radius 3 is 2.63 bits per heavy atom. The third kappa shape index (κ3) is 2.81. The summed E-state index contributed by atoms with van der Waals surface area (Å²) < 4.78 is 0. The number of nitrogens with zero attached hydrogens (tertiary/aromatic N) is 1. The van der Waals surface area contributed by atoms with Crippen LogP contribution in [0.15, 0.2) is 18.2 Å². The van der Waals surface area contributed by atoms with Crippen molar-refractivity contribution in [2.45, 2.75) is 25.8 Å². The van der Waals surface area contributed by atoms with Crippen LogP contribution >= 0.6 is 0 Å². The van der Waals surface area contributed by atoms with Crippen molar-refractivity contribution in [1.82, 2.24) is 4.90 Å². The molecule has 1 saturated heterocycles. The van der Waals surface area contributed by atoms with E-state index >= 15 is 0 Å². The Kier molecular flexibility index (Phi) is 3.95.